The highest BCUT2D eigenvalue weighted by Crippen LogP contribution is 2.25. The van der Waals surface area contributed by atoms with Crippen LogP contribution in [-0.4, -0.2) is 12.0 Å². The van der Waals surface area contributed by atoms with Gasteiger partial charge in [-0.1, -0.05) is 12.1 Å². The summed E-state index contributed by atoms with van der Waals surface area (Å²) in [6.07, 6.45) is 8.43. The number of hydrogen-bond donors (Lipinski definition) is 1. The number of nitrogens with one attached hydrogen (secondary N) is 1. The summed E-state index contributed by atoms with van der Waals surface area (Å²) in [6, 6.07) is 11.5. The summed E-state index contributed by atoms with van der Waals surface area (Å²) in [6.45, 7) is 0. The van der Waals surface area contributed by atoms with Crippen molar-refractivity contribution in [3.05, 3.63) is 52.7 Å². The van der Waals surface area contributed by atoms with E-state index < -0.39 is 0 Å². The number of hydrogen-bond acceptors (Lipinski definition) is 3. The Hall–Kier alpha value is -2.07. The number of anilines is 1. The Morgan fingerprint density at radius 2 is 2.09 bits per heavy atom. The van der Waals surface area contributed by atoms with Crippen molar-refractivity contribution >= 4 is 29.0 Å². The molecule has 3 nitrogen and oxygen atoms in total. The molecule has 1 aromatic heterocycles. The molecule has 0 aliphatic heterocycles. The normalized spacial score (nSPS) is 15.3. The Labute approximate surface area is 134 Å². The first-order valence-electron chi connectivity index (χ1n) is 7.59. The number of carbonyl (C=O) groups is 1. The van der Waals surface area contributed by atoms with E-state index in [1.165, 1.54) is 12.8 Å². The van der Waals surface area contributed by atoms with Crippen LogP contribution in [0.4, 0.5) is 5.69 Å². The van der Waals surface area contributed by atoms with E-state index in [9.17, 15) is 4.79 Å². The highest BCUT2D eigenvalue weighted by Gasteiger charge is 2.16. The van der Waals surface area contributed by atoms with Crippen LogP contribution in [-0.2, 0) is 4.79 Å². The summed E-state index contributed by atoms with van der Waals surface area (Å²) in [4.78, 5) is 13.0. The molecule has 1 aliphatic rings. The maximum atomic E-state index is 11.9. The molecule has 0 saturated heterocycles. The molecular formula is C18H19NO2S. The van der Waals surface area contributed by atoms with E-state index >= 15 is 0 Å². The molecule has 0 spiro atoms. The molecule has 0 unspecified atom stereocenters. The van der Waals surface area contributed by atoms with E-state index in [0.717, 1.165) is 29.2 Å². The average Bonchev–Trinajstić information content (AvgIpc) is 3.19. The van der Waals surface area contributed by atoms with Crippen molar-refractivity contribution in [2.45, 2.75) is 31.8 Å². The first-order valence-corrected chi connectivity index (χ1v) is 8.47. The summed E-state index contributed by atoms with van der Waals surface area (Å²) in [5.41, 5.74) is 0.760. The van der Waals surface area contributed by atoms with Gasteiger partial charge in [-0.25, -0.2) is 0 Å². The van der Waals surface area contributed by atoms with Gasteiger partial charge in [0.2, 0.25) is 5.91 Å². The molecule has 0 bridgehead atoms. The minimum atomic E-state index is -0.133. The fourth-order valence-electron chi connectivity index (χ4n) is 2.57. The van der Waals surface area contributed by atoms with Crippen molar-refractivity contribution in [3.8, 4) is 5.75 Å². The molecule has 1 N–H and O–H groups in total. The average molecular weight is 313 g/mol. The molecule has 1 fully saturated rings. The van der Waals surface area contributed by atoms with E-state index in [1.807, 2.05) is 47.9 Å². The topological polar surface area (TPSA) is 38.3 Å². The smallest absolute Gasteiger partial charge is 0.248 e. The molecule has 1 heterocycles. The van der Waals surface area contributed by atoms with Crippen LogP contribution in [0.15, 0.2) is 47.9 Å². The van der Waals surface area contributed by atoms with Crippen LogP contribution in [0.2, 0.25) is 0 Å². The fourth-order valence-corrected chi connectivity index (χ4v) is 3.19. The van der Waals surface area contributed by atoms with Crippen molar-refractivity contribution < 1.29 is 9.53 Å². The van der Waals surface area contributed by atoms with Crippen LogP contribution in [0.5, 0.6) is 5.75 Å². The van der Waals surface area contributed by atoms with E-state index in [2.05, 4.69) is 5.32 Å². The SMILES string of the molecule is O=C(/C=C/c1cccs1)Nc1cccc(OC2CCCC2)c1. The lowest BCUT2D eigenvalue weighted by molar-refractivity contribution is -0.111. The van der Waals surface area contributed by atoms with Gasteiger partial charge >= 0.3 is 0 Å². The van der Waals surface area contributed by atoms with Gasteiger partial charge < -0.3 is 10.1 Å². The molecule has 0 radical (unpaired) electrons. The Balaban J connectivity index is 1.58. The first kappa shape index (κ1) is 14.9. The van der Waals surface area contributed by atoms with Crippen molar-refractivity contribution in [2.24, 2.45) is 0 Å². The summed E-state index contributed by atoms with van der Waals surface area (Å²) >= 11 is 1.60. The minimum absolute atomic E-state index is 0.133. The fraction of sp³-hybridized carbons (Fsp3) is 0.278. The zero-order chi connectivity index (χ0) is 15.2. The predicted molar refractivity (Wildman–Crippen MR) is 91.3 cm³/mol. The van der Waals surface area contributed by atoms with Gasteiger partial charge in [0.15, 0.2) is 0 Å². The Morgan fingerprint density at radius 1 is 1.23 bits per heavy atom. The summed E-state index contributed by atoms with van der Waals surface area (Å²) in [7, 11) is 0. The molecule has 22 heavy (non-hydrogen) atoms. The van der Waals surface area contributed by atoms with Crippen molar-refractivity contribution in [1.29, 1.82) is 0 Å². The van der Waals surface area contributed by atoms with Gasteiger partial charge in [-0.3, -0.25) is 4.79 Å². The van der Waals surface area contributed by atoms with Gasteiger partial charge in [-0.2, -0.15) is 0 Å². The third-order valence-electron chi connectivity index (χ3n) is 3.65. The van der Waals surface area contributed by atoms with Crippen LogP contribution in [0.3, 0.4) is 0 Å². The third-order valence-corrected chi connectivity index (χ3v) is 4.49. The summed E-state index contributed by atoms with van der Waals surface area (Å²) in [5.74, 6) is 0.693. The lowest BCUT2D eigenvalue weighted by atomic mass is 10.2. The quantitative estimate of drug-likeness (QED) is 0.811. The van der Waals surface area contributed by atoms with Gasteiger partial charge in [0.25, 0.3) is 0 Å². The second-order valence-electron chi connectivity index (χ2n) is 5.39. The monoisotopic (exact) mass is 313 g/mol. The summed E-state index contributed by atoms with van der Waals surface area (Å²) in [5, 5.41) is 4.86. The van der Waals surface area contributed by atoms with Crippen molar-refractivity contribution in [1.82, 2.24) is 0 Å². The van der Waals surface area contributed by atoms with Gasteiger partial charge in [-0.05, 0) is 55.3 Å². The van der Waals surface area contributed by atoms with Gasteiger partial charge in [0.1, 0.15) is 5.75 Å². The molecule has 3 rings (SSSR count). The first-order chi connectivity index (χ1) is 10.8. The largest absolute Gasteiger partial charge is 0.490 e. The predicted octanol–water partition coefficient (Wildman–Crippen LogP) is 4.72. The lowest BCUT2D eigenvalue weighted by Crippen LogP contribution is -2.11. The van der Waals surface area contributed by atoms with Crippen LogP contribution in [0, 0.1) is 0 Å². The molecule has 1 aromatic carbocycles. The Bertz CT molecular complexity index is 643. The third kappa shape index (κ3) is 4.21. The number of carbonyl (C=O) groups excluding carboxylic acids is 1. The highest BCUT2D eigenvalue weighted by molar-refractivity contribution is 7.10. The number of amides is 1. The van der Waals surface area contributed by atoms with Gasteiger partial charge in [0, 0.05) is 22.7 Å². The molecular weight excluding hydrogens is 294 g/mol. The van der Waals surface area contributed by atoms with E-state index in [1.54, 1.807) is 17.4 Å². The van der Waals surface area contributed by atoms with Crippen molar-refractivity contribution in [2.75, 3.05) is 5.32 Å². The Morgan fingerprint density at radius 3 is 2.86 bits per heavy atom. The molecule has 1 amide bonds. The highest BCUT2D eigenvalue weighted by atomic mass is 32.1. The zero-order valence-electron chi connectivity index (χ0n) is 12.3. The lowest BCUT2D eigenvalue weighted by Gasteiger charge is -2.13. The van der Waals surface area contributed by atoms with E-state index in [-0.39, 0.29) is 5.91 Å². The Kier molecular flexibility index (Phi) is 4.91. The van der Waals surface area contributed by atoms with E-state index in [4.69, 9.17) is 4.74 Å². The maximum Gasteiger partial charge on any atom is 0.248 e. The standard InChI is InChI=1S/C18H19NO2S/c20-18(11-10-17-9-4-12-22-17)19-14-5-3-8-16(13-14)21-15-6-1-2-7-15/h3-5,8-13,15H,1-2,6-7H2,(H,19,20)/b11-10+. The maximum absolute atomic E-state index is 11.9. The molecule has 2 aromatic rings. The van der Waals surface area contributed by atoms with Gasteiger partial charge in [0.05, 0.1) is 6.10 Å². The number of ether oxygens (including phenoxy) is 1. The van der Waals surface area contributed by atoms with Gasteiger partial charge in [-0.15, -0.1) is 11.3 Å². The molecule has 1 aliphatic carbocycles. The van der Waals surface area contributed by atoms with Crippen LogP contribution >= 0.6 is 11.3 Å². The van der Waals surface area contributed by atoms with E-state index in [0.29, 0.717) is 6.10 Å². The van der Waals surface area contributed by atoms with Crippen LogP contribution in [0.25, 0.3) is 6.08 Å². The van der Waals surface area contributed by atoms with Crippen LogP contribution < -0.4 is 10.1 Å². The number of thiophene rings is 1. The minimum Gasteiger partial charge on any atom is -0.490 e. The number of benzene rings is 1. The molecule has 1 saturated carbocycles. The second-order valence-corrected chi connectivity index (χ2v) is 6.37. The van der Waals surface area contributed by atoms with Crippen LogP contribution in [0.1, 0.15) is 30.6 Å². The second kappa shape index (κ2) is 7.27. The summed E-state index contributed by atoms with van der Waals surface area (Å²) < 4.78 is 5.95. The molecule has 114 valence electrons. The number of rotatable bonds is 5. The molecule has 0 atom stereocenters. The van der Waals surface area contributed by atoms with Crippen molar-refractivity contribution in [3.63, 3.8) is 0 Å². The molecule has 4 heteroatoms. The zero-order valence-corrected chi connectivity index (χ0v) is 13.1.